The van der Waals surface area contributed by atoms with Gasteiger partial charge in [-0.3, -0.25) is 0 Å². The zero-order valence-corrected chi connectivity index (χ0v) is 11.6. The van der Waals surface area contributed by atoms with Crippen LogP contribution in [0.4, 0.5) is 17.3 Å². The van der Waals surface area contributed by atoms with Gasteiger partial charge in [0.2, 0.25) is 5.95 Å². The molecule has 1 aromatic heterocycles. The highest BCUT2D eigenvalue weighted by Crippen LogP contribution is 2.23. The number of aromatic nitrogens is 2. The predicted molar refractivity (Wildman–Crippen MR) is 83.6 cm³/mol. The van der Waals surface area contributed by atoms with E-state index in [1.165, 1.54) is 31.6 Å². The average molecular weight is 268 g/mol. The highest BCUT2D eigenvalue weighted by molar-refractivity contribution is 5.59. The molecule has 4 heteroatoms. The standard InChI is InChI=1S/C16H20N4/c1-2-10-20-13-9-17-16(20)18-14-5-7-15(8-6-14)19-11-3-4-12-19/h2,5-9,13H,1,3-4,10-12H2,(H,17,18). The van der Waals surface area contributed by atoms with Gasteiger partial charge in [-0.2, -0.15) is 0 Å². The van der Waals surface area contributed by atoms with Crippen LogP contribution in [0.1, 0.15) is 12.8 Å². The summed E-state index contributed by atoms with van der Waals surface area (Å²) >= 11 is 0. The first-order valence-electron chi connectivity index (χ1n) is 7.11. The molecule has 0 bridgehead atoms. The van der Waals surface area contributed by atoms with Crippen LogP contribution >= 0.6 is 0 Å². The van der Waals surface area contributed by atoms with E-state index in [9.17, 15) is 0 Å². The van der Waals surface area contributed by atoms with Crippen LogP contribution in [0.2, 0.25) is 0 Å². The number of imidazole rings is 1. The molecule has 104 valence electrons. The Labute approximate surface area is 119 Å². The lowest BCUT2D eigenvalue weighted by atomic mass is 10.2. The largest absolute Gasteiger partial charge is 0.372 e. The Morgan fingerprint density at radius 1 is 1.20 bits per heavy atom. The van der Waals surface area contributed by atoms with E-state index in [1.807, 2.05) is 16.8 Å². The minimum Gasteiger partial charge on any atom is -0.372 e. The maximum absolute atomic E-state index is 4.32. The van der Waals surface area contributed by atoms with Crippen molar-refractivity contribution in [2.24, 2.45) is 0 Å². The van der Waals surface area contributed by atoms with Crippen LogP contribution in [0.25, 0.3) is 0 Å². The van der Waals surface area contributed by atoms with Crippen molar-refractivity contribution in [3.05, 3.63) is 49.3 Å². The van der Waals surface area contributed by atoms with Crippen LogP contribution in [0.3, 0.4) is 0 Å². The van der Waals surface area contributed by atoms with Crippen LogP contribution in [0.15, 0.2) is 49.3 Å². The summed E-state index contributed by atoms with van der Waals surface area (Å²) in [5.41, 5.74) is 2.37. The lowest BCUT2D eigenvalue weighted by Crippen LogP contribution is -2.17. The third kappa shape index (κ3) is 2.69. The van der Waals surface area contributed by atoms with Crippen molar-refractivity contribution >= 4 is 17.3 Å². The molecule has 0 atom stereocenters. The summed E-state index contributed by atoms with van der Waals surface area (Å²) in [4.78, 5) is 6.76. The van der Waals surface area contributed by atoms with E-state index in [0.29, 0.717) is 0 Å². The zero-order chi connectivity index (χ0) is 13.8. The second-order valence-electron chi connectivity index (χ2n) is 5.06. The van der Waals surface area contributed by atoms with Crippen molar-refractivity contribution < 1.29 is 0 Å². The van der Waals surface area contributed by atoms with Crippen LogP contribution < -0.4 is 10.2 Å². The molecule has 3 rings (SSSR count). The molecule has 0 aliphatic carbocycles. The number of allylic oxidation sites excluding steroid dienone is 1. The molecular formula is C16H20N4. The molecule has 0 amide bonds. The summed E-state index contributed by atoms with van der Waals surface area (Å²) in [6.07, 6.45) is 8.22. The molecule has 0 spiro atoms. The molecule has 2 heterocycles. The van der Waals surface area contributed by atoms with Gasteiger partial charge in [0.05, 0.1) is 0 Å². The fourth-order valence-corrected chi connectivity index (χ4v) is 2.58. The summed E-state index contributed by atoms with van der Waals surface area (Å²) in [6, 6.07) is 8.57. The molecule has 1 fully saturated rings. The van der Waals surface area contributed by atoms with Crippen LogP contribution in [0.5, 0.6) is 0 Å². The quantitative estimate of drug-likeness (QED) is 0.844. The fourth-order valence-electron chi connectivity index (χ4n) is 2.58. The lowest BCUT2D eigenvalue weighted by Gasteiger charge is -2.18. The third-order valence-electron chi connectivity index (χ3n) is 3.64. The molecule has 4 nitrogen and oxygen atoms in total. The summed E-state index contributed by atoms with van der Waals surface area (Å²) < 4.78 is 2.03. The number of benzene rings is 1. The van der Waals surface area contributed by atoms with Gasteiger partial charge in [0, 0.05) is 43.4 Å². The molecule has 1 aliphatic rings. The second-order valence-corrected chi connectivity index (χ2v) is 5.06. The van der Waals surface area contributed by atoms with Gasteiger partial charge in [-0.25, -0.2) is 4.98 Å². The first kappa shape index (κ1) is 12.8. The normalized spacial score (nSPS) is 14.5. The van der Waals surface area contributed by atoms with Crippen LogP contribution in [0, 0.1) is 0 Å². The van der Waals surface area contributed by atoms with Gasteiger partial charge >= 0.3 is 0 Å². The van der Waals surface area contributed by atoms with E-state index in [0.717, 1.165) is 18.2 Å². The minimum absolute atomic E-state index is 0.758. The average Bonchev–Trinajstić information content (AvgIpc) is 3.13. The van der Waals surface area contributed by atoms with Gasteiger partial charge in [0.15, 0.2) is 0 Å². The van der Waals surface area contributed by atoms with Gasteiger partial charge in [0.1, 0.15) is 0 Å². The van der Waals surface area contributed by atoms with E-state index in [-0.39, 0.29) is 0 Å². The fraction of sp³-hybridized carbons (Fsp3) is 0.312. The Kier molecular flexibility index (Phi) is 3.72. The molecule has 0 saturated carbocycles. The van der Waals surface area contributed by atoms with Crippen molar-refractivity contribution in [1.29, 1.82) is 0 Å². The van der Waals surface area contributed by atoms with Gasteiger partial charge in [-0.1, -0.05) is 6.08 Å². The molecule has 20 heavy (non-hydrogen) atoms. The molecule has 0 unspecified atom stereocenters. The summed E-state index contributed by atoms with van der Waals surface area (Å²) in [7, 11) is 0. The zero-order valence-electron chi connectivity index (χ0n) is 11.6. The van der Waals surface area contributed by atoms with Crippen LogP contribution in [-0.2, 0) is 6.54 Å². The SMILES string of the molecule is C=CCn1ccnc1Nc1ccc(N2CCCC2)cc1. The highest BCUT2D eigenvalue weighted by atomic mass is 15.2. The number of hydrogen-bond acceptors (Lipinski definition) is 3. The topological polar surface area (TPSA) is 33.1 Å². The Hall–Kier alpha value is -2.23. The Morgan fingerprint density at radius 2 is 1.95 bits per heavy atom. The van der Waals surface area contributed by atoms with Crippen molar-refractivity contribution in [1.82, 2.24) is 9.55 Å². The molecule has 1 N–H and O–H groups in total. The van der Waals surface area contributed by atoms with Crippen molar-refractivity contribution in [2.45, 2.75) is 19.4 Å². The minimum atomic E-state index is 0.758. The maximum atomic E-state index is 4.32. The maximum Gasteiger partial charge on any atom is 0.207 e. The monoisotopic (exact) mass is 268 g/mol. The number of nitrogens with one attached hydrogen (secondary N) is 1. The Balaban J connectivity index is 1.71. The number of nitrogens with zero attached hydrogens (tertiary/aromatic N) is 3. The summed E-state index contributed by atoms with van der Waals surface area (Å²) in [5.74, 6) is 0.846. The summed E-state index contributed by atoms with van der Waals surface area (Å²) in [5, 5.41) is 3.34. The number of hydrogen-bond donors (Lipinski definition) is 1. The van der Waals surface area contributed by atoms with Crippen LogP contribution in [-0.4, -0.2) is 22.6 Å². The Bertz CT molecular complexity index is 564. The van der Waals surface area contributed by atoms with E-state index in [2.05, 4.69) is 46.0 Å². The molecule has 1 aliphatic heterocycles. The van der Waals surface area contributed by atoms with E-state index in [1.54, 1.807) is 6.20 Å². The first-order valence-corrected chi connectivity index (χ1v) is 7.11. The second kappa shape index (κ2) is 5.82. The van der Waals surface area contributed by atoms with Gasteiger partial charge in [-0.05, 0) is 37.1 Å². The smallest absolute Gasteiger partial charge is 0.207 e. The lowest BCUT2D eigenvalue weighted by molar-refractivity contribution is 0.833. The number of anilines is 3. The highest BCUT2D eigenvalue weighted by Gasteiger charge is 2.11. The Morgan fingerprint density at radius 3 is 2.65 bits per heavy atom. The van der Waals surface area contributed by atoms with Crippen molar-refractivity contribution in [3.8, 4) is 0 Å². The van der Waals surface area contributed by atoms with E-state index >= 15 is 0 Å². The van der Waals surface area contributed by atoms with E-state index in [4.69, 9.17) is 0 Å². The van der Waals surface area contributed by atoms with Gasteiger partial charge in [-0.15, -0.1) is 6.58 Å². The molecule has 1 saturated heterocycles. The molecule has 2 aromatic rings. The number of rotatable bonds is 5. The predicted octanol–water partition coefficient (Wildman–Crippen LogP) is 3.41. The van der Waals surface area contributed by atoms with Gasteiger partial charge < -0.3 is 14.8 Å². The van der Waals surface area contributed by atoms with E-state index < -0.39 is 0 Å². The molecule has 1 aromatic carbocycles. The first-order chi connectivity index (χ1) is 9.86. The molecule has 0 radical (unpaired) electrons. The van der Waals surface area contributed by atoms with Crippen molar-refractivity contribution in [3.63, 3.8) is 0 Å². The third-order valence-corrected chi connectivity index (χ3v) is 3.64. The molecular weight excluding hydrogens is 248 g/mol. The van der Waals surface area contributed by atoms with Gasteiger partial charge in [0.25, 0.3) is 0 Å². The summed E-state index contributed by atoms with van der Waals surface area (Å²) in [6.45, 7) is 6.87. The van der Waals surface area contributed by atoms with Crippen molar-refractivity contribution in [2.75, 3.05) is 23.3 Å².